The van der Waals surface area contributed by atoms with Gasteiger partial charge in [-0.05, 0) is 25.1 Å². The van der Waals surface area contributed by atoms with Crippen molar-refractivity contribution in [3.8, 4) is 5.69 Å². The quantitative estimate of drug-likeness (QED) is 0.857. The standard InChI is InChI=1S/C14H14F3N3/c1-14(4-5-18-7-14)11-6-19-8-20(11)10-3-2-9(15)12(16)13(10)17/h2-3,6,8,18H,4-5,7H2,1H3. The molecule has 2 heterocycles. The average Bonchev–Trinajstić information content (AvgIpc) is 3.06. The molecule has 2 aromatic rings. The van der Waals surface area contributed by atoms with Gasteiger partial charge in [0.15, 0.2) is 17.5 Å². The van der Waals surface area contributed by atoms with Crippen molar-refractivity contribution in [2.24, 2.45) is 0 Å². The van der Waals surface area contributed by atoms with Gasteiger partial charge in [0.2, 0.25) is 0 Å². The smallest absolute Gasteiger partial charge is 0.196 e. The van der Waals surface area contributed by atoms with Crippen LogP contribution in [0.15, 0.2) is 24.7 Å². The van der Waals surface area contributed by atoms with Gasteiger partial charge in [-0.1, -0.05) is 6.92 Å². The number of nitrogens with one attached hydrogen (secondary N) is 1. The predicted octanol–water partition coefficient (Wildman–Crippen LogP) is 2.54. The van der Waals surface area contributed by atoms with Crippen LogP contribution in [0.1, 0.15) is 19.0 Å². The fourth-order valence-corrected chi connectivity index (χ4v) is 2.67. The Balaban J connectivity index is 2.13. The van der Waals surface area contributed by atoms with E-state index in [4.69, 9.17) is 0 Å². The minimum atomic E-state index is -1.46. The molecule has 1 fully saturated rings. The fraction of sp³-hybridized carbons (Fsp3) is 0.357. The molecule has 1 aliphatic heterocycles. The zero-order chi connectivity index (χ0) is 14.3. The van der Waals surface area contributed by atoms with E-state index in [2.05, 4.69) is 10.3 Å². The van der Waals surface area contributed by atoms with Crippen molar-refractivity contribution in [3.63, 3.8) is 0 Å². The van der Waals surface area contributed by atoms with Crippen LogP contribution in [-0.2, 0) is 5.41 Å². The highest BCUT2D eigenvalue weighted by atomic mass is 19.2. The Bertz CT molecular complexity index is 645. The summed E-state index contributed by atoms with van der Waals surface area (Å²) in [5.41, 5.74) is 0.560. The second-order valence-electron chi connectivity index (χ2n) is 5.33. The molecule has 0 amide bonds. The van der Waals surface area contributed by atoms with Crippen LogP contribution in [0, 0.1) is 17.5 Å². The lowest BCUT2D eigenvalue weighted by atomic mass is 9.86. The molecule has 1 aromatic heterocycles. The second kappa shape index (κ2) is 4.63. The van der Waals surface area contributed by atoms with E-state index in [-0.39, 0.29) is 11.1 Å². The van der Waals surface area contributed by atoms with Gasteiger partial charge in [-0.15, -0.1) is 0 Å². The number of hydrogen-bond donors (Lipinski definition) is 1. The first-order valence-electron chi connectivity index (χ1n) is 6.40. The molecule has 0 bridgehead atoms. The zero-order valence-corrected chi connectivity index (χ0v) is 11.0. The van der Waals surface area contributed by atoms with Crippen molar-refractivity contribution >= 4 is 0 Å². The van der Waals surface area contributed by atoms with E-state index in [0.29, 0.717) is 0 Å². The summed E-state index contributed by atoms with van der Waals surface area (Å²) in [6.45, 7) is 3.64. The fourth-order valence-electron chi connectivity index (χ4n) is 2.67. The lowest BCUT2D eigenvalue weighted by molar-refractivity contribution is 0.441. The molecular formula is C14H14F3N3. The van der Waals surface area contributed by atoms with Gasteiger partial charge in [0, 0.05) is 23.9 Å². The van der Waals surface area contributed by atoms with Crippen molar-refractivity contribution in [3.05, 3.63) is 47.8 Å². The number of imidazole rings is 1. The average molecular weight is 281 g/mol. The number of nitrogens with zero attached hydrogens (tertiary/aromatic N) is 2. The number of aromatic nitrogens is 2. The Morgan fingerprint density at radius 1 is 1.25 bits per heavy atom. The van der Waals surface area contributed by atoms with Crippen LogP contribution in [0.2, 0.25) is 0 Å². The largest absolute Gasteiger partial charge is 0.316 e. The first kappa shape index (κ1) is 13.2. The van der Waals surface area contributed by atoms with Crippen molar-refractivity contribution in [1.29, 1.82) is 0 Å². The molecular weight excluding hydrogens is 267 g/mol. The van der Waals surface area contributed by atoms with Crippen LogP contribution in [0.5, 0.6) is 0 Å². The summed E-state index contributed by atoms with van der Waals surface area (Å²) in [5, 5.41) is 3.25. The van der Waals surface area contributed by atoms with Gasteiger partial charge in [-0.3, -0.25) is 4.57 Å². The number of benzene rings is 1. The molecule has 1 aromatic carbocycles. The van der Waals surface area contributed by atoms with E-state index >= 15 is 0 Å². The van der Waals surface area contributed by atoms with Gasteiger partial charge in [-0.25, -0.2) is 18.2 Å². The Hall–Kier alpha value is -1.82. The van der Waals surface area contributed by atoms with Crippen LogP contribution in [0.3, 0.4) is 0 Å². The second-order valence-corrected chi connectivity index (χ2v) is 5.33. The molecule has 1 saturated heterocycles. The lowest BCUT2D eigenvalue weighted by Gasteiger charge is -2.24. The predicted molar refractivity (Wildman–Crippen MR) is 68.3 cm³/mol. The summed E-state index contributed by atoms with van der Waals surface area (Å²) in [6, 6.07) is 2.15. The van der Waals surface area contributed by atoms with E-state index in [9.17, 15) is 13.2 Å². The van der Waals surface area contributed by atoms with E-state index in [1.54, 1.807) is 6.20 Å². The first-order chi connectivity index (χ1) is 9.53. The van der Waals surface area contributed by atoms with Crippen LogP contribution in [0.25, 0.3) is 5.69 Å². The van der Waals surface area contributed by atoms with Gasteiger partial charge in [0.05, 0.1) is 12.0 Å². The van der Waals surface area contributed by atoms with Crippen LogP contribution in [0.4, 0.5) is 13.2 Å². The molecule has 3 nitrogen and oxygen atoms in total. The topological polar surface area (TPSA) is 29.9 Å². The molecule has 1 N–H and O–H groups in total. The Labute approximate surface area is 114 Å². The maximum Gasteiger partial charge on any atom is 0.196 e. The Morgan fingerprint density at radius 2 is 2.05 bits per heavy atom. The number of halogens is 3. The maximum atomic E-state index is 13.9. The van der Waals surface area contributed by atoms with Gasteiger partial charge < -0.3 is 5.32 Å². The van der Waals surface area contributed by atoms with Gasteiger partial charge in [0.25, 0.3) is 0 Å². The molecule has 1 unspecified atom stereocenters. The molecule has 1 aliphatic rings. The van der Waals surface area contributed by atoms with Crippen molar-refractivity contribution in [2.75, 3.05) is 13.1 Å². The SMILES string of the molecule is CC1(c2cncn2-c2ccc(F)c(F)c2F)CCNC1. The minimum absolute atomic E-state index is 0.0236. The molecule has 20 heavy (non-hydrogen) atoms. The van der Waals surface area contributed by atoms with Crippen LogP contribution >= 0.6 is 0 Å². The summed E-state index contributed by atoms with van der Waals surface area (Å²) in [7, 11) is 0. The highest BCUT2D eigenvalue weighted by Crippen LogP contribution is 2.32. The summed E-state index contributed by atoms with van der Waals surface area (Å²) in [5.74, 6) is -3.85. The molecule has 0 radical (unpaired) electrons. The lowest BCUT2D eigenvalue weighted by Crippen LogP contribution is -2.27. The summed E-state index contributed by atoms with van der Waals surface area (Å²) < 4.78 is 41.8. The van der Waals surface area contributed by atoms with Crippen LogP contribution < -0.4 is 5.32 Å². The molecule has 0 aliphatic carbocycles. The third-order valence-corrected chi connectivity index (χ3v) is 3.90. The van der Waals surface area contributed by atoms with Gasteiger partial charge in [-0.2, -0.15) is 0 Å². The van der Waals surface area contributed by atoms with Crippen molar-refractivity contribution < 1.29 is 13.2 Å². The van der Waals surface area contributed by atoms with E-state index in [1.807, 2.05) is 6.92 Å². The van der Waals surface area contributed by atoms with Gasteiger partial charge >= 0.3 is 0 Å². The highest BCUT2D eigenvalue weighted by molar-refractivity contribution is 5.38. The van der Waals surface area contributed by atoms with Crippen molar-refractivity contribution in [2.45, 2.75) is 18.8 Å². The molecule has 3 rings (SSSR count). The third-order valence-electron chi connectivity index (χ3n) is 3.90. The summed E-state index contributed by atoms with van der Waals surface area (Å²) >= 11 is 0. The number of hydrogen-bond acceptors (Lipinski definition) is 2. The molecule has 106 valence electrons. The normalized spacial score (nSPS) is 22.4. The Morgan fingerprint density at radius 3 is 2.75 bits per heavy atom. The van der Waals surface area contributed by atoms with Gasteiger partial charge in [0.1, 0.15) is 0 Å². The first-order valence-corrected chi connectivity index (χ1v) is 6.40. The monoisotopic (exact) mass is 281 g/mol. The summed E-state index contributed by atoms with van der Waals surface area (Å²) in [4.78, 5) is 4.03. The summed E-state index contributed by atoms with van der Waals surface area (Å²) in [6.07, 6.45) is 3.95. The Kier molecular flexibility index (Phi) is 3.05. The number of rotatable bonds is 2. The third kappa shape index (κ3) is 1.91. The van der Waals surface area contributed by atoms with E-state index in [1.165, 1.54) is 17.0 Å². The van der Waals surface area contributed by atoms with E-state index < -0.39 is 17.5 Å². The van der Waals surface area contributed by atoms with Crippen molar-refractivity contribution in [1.82, 2.24) is 14.9 Å². The molecule has 6 heteroatoms. The molecule has 1 atom stereocenters. The molecule has 0 spiro atoms. The minimum Gasteiger partial charge on any atom is -0.316 e. The maximum absolute atomic E-state index is 13.9. The van der Waals surface area contributed by atoms with E-state index in [0.717, 1.165) is 31.3 Å². The van der Waals surface area contributed by atoms with Crippen LogP contribution in [-0.4, -0.2) is 22.6 Å². The highest BCUT2D eigenvalue weighted by Gasteiger charge is 2.34. The molecule has 0 saturated carbocycles. The zero-order valence-electron chi connectivity index (χ0n) is 11.0.